The van der Waals surface area contributed by atoms with Gasteiger partial charge in [0.15, 0.2) is 5.03 Å². The highest BCUT2D eigenvalue weighted by atomic mass is 32.2. The minimum Gasteiger partial charge on any atom is -0.335 e. The third kappa shape index (κ3) is 3.29. The topological polar surface area (TPSA) is 66.1 Å². The number of nitrogens with one attached hydrogen (secondary N) is 1. The predicted octanol–water partition coefficient (Wildman–Crippen LogP) is 1.86. The average molecular weight is 259 g/mol. The number of hydrogen-bond acceptors (Lipinski definition) is 3. The summed E-state index contributed by atoms with van der Waals surface area (Å²) in [4.78, 5) is 6.42. The van der Waals surface area contributed by atoms with Gasteiger partial charge in [0, 0.05) is 13.1 Å². The van der Waals surface area contributed by atoms with Crippen molar-refractivity contribution in [2.24, 2.45) is 5.92 Å². The number of H-pyrrole nitrogens is 1. The summed E-state index contributed by atoms with van der Waals surface area (Å²) in [5.74, 6) is 0.410. The van der Waals surface area contributed by atoms with Crippen LogP contribution in [0.3, 0.4) is 0 Å². The third-order valence-corrected chi connectivity index (χ3v) is 4.93. The molecule has 0 radical (unpaired) electrons. The van der Waals surface area contributed by atoms with Gasteiger partial charge in [-0.05, 0) is 5.92 Å². The SMILES string of the molecule is CCC(CC)CN(CC)S(=O)(=O)c1cnc[nH]1. The molecular weight excluding hydrogens is 238 g/mol. The fourth-order valence-electron chi connectivity index (χ4n) is 1.76. The Balaban J connectivity index is 2.87. The van der Waals surface area contributed by atoms with Crippen molar-refractivity contribution in [2.45, 2.75) is 38.6 Å². The van der Waals surface area contributed by atoms with Gasteiger partial charge in [-0.3, -0.25) is 0 Å². The van der Waals surface area contributed by atoms with Crippen LogP contribution in [0.1, 0.15) is 33.6 Å². The first-order valence-corrected chi connectivity index (χ1v) is 7.48. The lowest BCUT2D eigenvalue weighted by Crippen LogP contribution is -2.35. The molecule has 0 spiro atoms. The van der Waals surface area contributed by atoms with Gasteiger partial charge in [0.05, 0.1) is 12.5 Å². The van der Waals surface area contributed by atoms with Crippen molar-refractivity contribution in [1.82, 2.24) is 14.3 Å². The zero-order chi connectivity index (χ0) is 12.9. The van der Waals surface area contributed by atoms with Crippen LogP contribution in [0.2, 0.25) is 0 Å². The molecule has 0 saturated heterocycles. The molecule has 6 heteroatoms. The molecule has 1 N–H and O–H groups in total. The average Bonchev–Trinajstić information content (AvgIpc) is 2.84. The lowest BCUT2D eigenvalue weighted by atomic mass is 10.0. The summed E-state index contributed by atoms with van der Waals surface area (Å²) in [6, 6.07) is 0. The van der Waals surface area contributed by atoms with Gasteiger partial charge < -0.3 is 4.98 Å². The summed E-state index contributed by atoms with van der Waals surface area (Å²) in [5, 5.41) is 0.172. The number of aromatic nitrogens is 2. The lowest BCUT2D eigenvalue weighted by molar-refractivity contribution is 0.338. The fourth-order valence-corrected chi connectivity index (χ4v) is 3.18. The summed E-state index contributed by atoms with van der Waals surface area (Å²) < 4.78 is 26.0. The molecule has 17 heavy (non-hydrogen) atoms. The van der Waals surface area contributed by atoms with Crippen LogP contribution < -0.4 is 0 Å². The van der Waals surface area contributed by atoms with Crippen LogP contribution in [0, 0.1) is 5.92 Å². The van der Waals surface area contributed by atoms with Crippen molar-refractivity contribution < 1.29 is 8.42 Å². The Morgan fingerprint density at radius 2 is 2.00 bits per heavy atom. The molecule has 0 aromatic carbocycles. The second kappa shape index (κ2) is 6.16. The normalized spacial score (nSPS) is 12.5. The molecule has 1 rings (SSSR count). The van der Waals surface area contributed by atoms with E-state index in [1.807, 2.05) is 6.92 Å². The van der Waals surface area contributed by atoms with Gasteiger partial charge in [0.1, 0.15) is 0 Å². The van der Waals surface area contributed by atoms with Gasteiger partial charge in [-0.15, -0.1) is 0 Å². The van der Waals surface area contributed by atoms with Crippen LogP contribution in [0.15, 0.2) is 17.6 Å². The molecule has 0 aliphatic carbocycles. The van der Waals surface area contributed by atoms with E-state index >= 15 is 0 Å². The molecule has 1 aromatic rings. The molecule has 0 fully saturated rings. The van der Waals surface area contributed by atoms with Gasteiger partial charge in [-0.1, -0.05) is 33.6 Å². The van der Waals surface area contributed by atoms with Crippen molar-refractivity contribution in [2.75, 3.05) is 13.1 Å². The Morgan fingerprint density at radius 1 is 1.35 bits per heavy atom. The Morgan fingerprint density at radius 3 is 2.41 bits per heavy atom. The molecule has 0 aliphatic rings. The molecule has 5 nitrogen and oxygen atoms in total. The number of aromatic amines is 1. The molecule has 98 valence electrons. The number of rotatable bonds is 7. The van der Waals surface area contributed by atoms with Crippen LogP contribution in [0.25, 0.3) is 0 Å². The minimum absolute atomic E-state index is 0.172. The second-order valence-corrected chi connectivity index (χ2v) is 5.96. The lowest BCUT2D eigenvalue weighted by Gasteiger charge is -2.23. The summed E-state index contributed by atoms with van der Waals surface area (Å²) in [7, 11) is -3.41. The fraction of sp³-hybridized carbons (Fsp3) is 0.727. The Bertz CT molecular complexity index is 410. The third-order valence-electron chi connectivity index (χ3n) is 3.06. The number of nitrogens with zero attached hydrogens (tertiary/aromatic N) is 2. The molecule has 0 bridgehead atoms. The maximum absolute atomic E-state index is 12.2. The molecule has 0 unspecified atom stereocenters. The molecular formula is C11H21N3O2S. The molecule has 1 heterocycles. The molecule has 0 aliphatic heterocycles. The maximum Gasteiger partial charge on any atom is 0.260 e. The van der Waals surface area contributed by atoms with E-state index in [4.69, 9.17) is 0 Å². The number of hydrogen-bond donors (Lipinski definition) is 1. The summed E-state index contributed by atoms with van der Waals surface area (Å²) in [5.41, 5.74) is 0. The second-order valence-electron chi connectivity index (χ2n) is 4.05. The zero-order valence-corrected chi connectivity index (χ0v) is 11.5. The first-order valence-electron chi connectivity index (χ1n) is 6.04. The first kappa shape index (κ1) is 14.2. The van der Waals surface area contributed by atoms with Crippen LogP contribution in [0.5, 0.6) is 0 Å². The Hall–Kier alpha value is -0.880. The predicted molar refractivity (Wildman–Crippen MR) is 67.1 cm³/mol. The number of sulfonamides is 1. The van der Waals surface area contributed by atoms with Gasteiger partial charge in [0.25, 0.3) is 10.0 Å². The smallest absolute Gasteiger partial charge is 0.260 e. The minimum atomic E-state index is -3.41. The van der Waals surface area contributed by atoms with Crippen molar-refractivity contribution >= 4 is 10.0 Å². The quantitative estimate of drug-likeness (QED) is 0.812. The highest BCUT2D eigenvalue weighted by Gasteiger charge is 2.25. The monoisotopic (exact) mass is 259 g/mol. The summed E-state index contributed by atoms with van der Waals surface area (Å²) in [6.45, 7) is 7.09. The largest absolute Gasteiger partial charge is 0.335 e. The van der Waals surface area contributed by atoms with E-state index in [1.54, 1.807) is 0 Å². The van der Waals surface area contributed by atoms with E-state index < -0.39 is 10.0 Å². The Kier molecular flexibility index (Phi) is 5.14. The van der Waals surface area contributed by atoms with Crippen molar-refractivity contribution in [3.8, 4) is 0 Å². The Labute approximate surface area is 103 Å². The summed E-state index contributed by atoms with van der Waals surface area (Å²) in [6.07, 6.45) is 4.72. The van der Waals surface area contributed by atoms with Crippen LogP contribution in [-0.4, -0.2) is 35.8 Å². The number of imidazole rings is 1. The van der Waals surface area contributed by atoms with Crippen molar-refractivity contribution in [3.63, 3.8) is 0 Å². The zero-order valence-electron chi connectivity index (χ0n) is 10.7. The van der Waals surface area contributed by atoms with Crippen molar-refractivity contribution in [3.05, 3.63) is 12.5 Å². The van der Waals surface area contributed by atoms with Crippen molar-refractivity contribution in [1.29, 1.82) is 0 Å². The van der Waals surface area contributed by atoms with E-state index in [9.17, 15) is 8.42 Å². The van der Waals surface area contributed by atoms with E-state index in [1.165, 1.54) is 16.8 Å². The van der Waals surface area contributed by atoms with E-state index in [0.717, 1.165) is 12.8 Å². The standard InChI is InChI=1S/C11H21N3O2S/c1-4-10(5-2)8-14(6-3)17(15,16)11-7-12-9-13-11/h7,9-10H,4-6,8H2,1-3H3,(H,12,13). The van der Waals surface area contributed by atoms with Gasteiger partial charge in [0.2, 0.25) is 0 Å². The molecule has 0 atom stereocenters. The van der Waals surface area contributed by atoms with E-state index in [2.05, 4.69) is 23.8 Å². The molecule has 1 aromatic heterocycles. The summed E-state index contributed by atoms with van der Waals surface area (Å²) >= 11 is 0. The highest BCUT2D eigenvalue weighted by Crippen LogP contribution is 2.17. The molecule has 0 saturated carbocycles. The van der Waals surface area contributed by atoms with Gasteiger partial charge in [-0.25, -0.2) is 13.4 Å². The molecule has 0 amide bonds. The van der Waals surface area contributed by atoms with Crippen LogP contribution in [-0.2, 0) is 10.0 Å². The van der Waals surface area contributed by atoms with Crippen LogP contribution >= 0.6 is 0 Å². The van der Waals surface area contributed by atoms with E-state index in [-0.39, 0.29) is 5.03 Å². The highest BCUT2D eigenvalue weighted by molar-refractivity contribution is 7.89. The first-order chi connectivity index (χ1) is 8.06. The van der Waals surface area contributed by atoms with Gasteiger partial charge in [-0.2, -0.15) is 4.31 Å². The maximum atomic E-state index is 12.2. The van der Waals surface area contributed by atoms with E-state index in [0.29, 0.717) is 19.0 Å². The van der Waals surface area contributed by atoms with Gasteiger partial charge >= 0.3 is 0 Å². The van der Waals surface area contributed by atoms with Crippen LogP contribution in [0.4, 0.5) is 0 Å².